The third kappa shape index (κ3) is 3.55. The van der Waals surface area contributed by atoms with E-state index in [0.717, 1.165) is 15.6 Å². The van der Waals surface area contributed by atoms with Gasteiger partial charge < -0.3 is 10.2 Å². The smallest absolute Gasteiger partial charge is 0.303 e. The number of benzene rings is 1. The van der Waals surface area contributed by atoms with Crippen LogP contribution < -0.4 is 0 Å². The number of hydrogen-bond donors (Lipinski definition) is 2. The second-order valence-electron chi connectivity index (χ2n) is 3.48. The average Bonchev–Trinajstić information content (AvgIpc) is 2.12. The molecule has 0 unspecified atom stereocenters. The van der Waals surface area contributed by atoms with E-state index in [-0.39, 0.29) is 12.2 Å². The monoisotopic (exact) mass is 272 g/mol. The second kappa shape index (κ2) is 5.16. The van der Waals surface area contributed by atoms with Crippen LogP contribution in [0.5, 0.6) is 5.75 Å². The Bertz CT molecular complexity index is 374. The Morgan fingerprint density at radius 1 is 1.47 bits per heavy atom. The molecule has 2 N–H and O–H groups in total. The van der Waals surface area contributed by atoms with Crippen molar-refractivity contribution < 1.29 is 15.0 Å². The summed E-state index contributed by atoms with van der Waals surface area (Å²) in [5, 5.41) is 18.2. The molecule has 0 radical (unpaired) electrons. The van der Waals surface area contributed by atoms with Gasteiger partial charge in [-0.3, -0.25) is 4.79 Å². The number of rotatable bonds is 4. The van der Waals surface area contributed by atoms with Gasteiger partial charge in [0.25, 0.3) is 0 Å². The summed E-state index contributed by atoms with van der Waals surface area (Å²) in [7, 11) is 0. The number of carboxylic acids is 1. The summed E-state index contributed by atoms with van der Waals surface area (Å²) in [6, 6.07) is 3.65. The van der Waals surface area contributed by atoms with Crippen LogP contribution in [-0.4, -0.2) is 16.2 Å². The largest absolute Gasteiger partial charge is 0.507 e. The number of phenols is 1. The lowest BCUT2D eigenvalue weighted by Crippen LogP contribution is -1.96. The van der Waals surface area contributed by atoms with E-state index in [0.29, 0.717) is 12.8 Å². The Hall–Kier alpha value is -1.03. The second-order valence-corrected chi connectivity index (χ2v) is 4.39. The predicted octanol–water partition coefficient (Wildman–Crippen LogP) is 2.87. The van der Waals surface area contributed by atoms with E-state index in [4.69, 9.17) is 5.11 Å². The third-order valence-electron chi connectivity index (χ3n) is 2.18. The zero-order chi connectivity index (χ0) is 11.4. The van der Waals surface area contributed by atoms with E-state index in [9.17, 15) is 9.90 Å². The van der Waals surface area contributed by atoms with E-state index in [2.05, 4.69) is 15.9 Å². The van der Waals surface area contributed by atoms with Crippen molar-refractivity contribution in [1.82, 2.24) is 0 Å². The highest BCUT2D eigenvalue weighted by molar-refractivity contribution is 9.10. The molecule has 82 valence electrons. The molecule has 0 aromatic heterocycles. The molecule has 0 fully saturated rings. The fraction of sp³-hybridized carbons (Fsp3) is 0.364. The summed E-state index contributed by atoms with van der Waals surface area (Å²) in [5.41, 5.74) is 1.60. The first kappa shape index (κ1) is 12.0. The van der Waals surface area contributed by atoms with Crippen molar-refractivity contribution in [3.63, 3.8) is 0 Å². The minimum absolute atomic E-state index is 0.130. The van der Waals surface area contributed by atoms with E-state index >= 15 is 0 Å². The van der Waals surface area contributed by atoms with Gasteiger partial charge in [0.15, 0.2) is 0 Å². The lowest BCUT2D eigenvalue weighted by Gasteiger charge is -2.07. The van der Waals surface area contributed by atoms with Gasteiger partial charge in [-0.15, -0.1) is 0 Å². The SMILES string of the molecule is Cc1cc(Br)cc(CCCC(=O)O)c1O. The van der Waals surface area contributed by atoms with Crippen molar-refractivity contribution in [2.45, 2.75) is 26.2 Å². The number of phenolic OH excluding ortho intramolecular Hbond substituents is 1. The van der Waals surface area contributed by atoms with Crippen molar-refractivity contribution >= 4 is 21.9 Å². The van der Waals surface area contributed by atoms with Gasteiger partial charge in [-0.25, -0.2) is 0 Å². The van der Waals surface area contributed by atoms with Crippen LogP contribution in [0.15, 0.2) is 16.6 Å². The first-order chi connectivity index (χ1) is 7.00. The number of carbonyl (C=O) groups is 1. The van der Waals surface area contributed by atoms with Crippen LogP contribution in [0.3, 0.4) is 0 Å². The fourth-order valence-electron chi connectivity index (χ4n) is 1.43. The maximum atomic E-state index is 10.3. The van der Waals surface area contributed by atoms with E-state index in [1.54, 1.807) is 0 Å². The quantitative estimate of drug-likeness (QED) is 0.886. The zero-order valence-electron chi connectivity index (χ0n) is 8.46. The summed E-state index contributed by atoms with van der Waals surface area (Å²) < 4.78 is 0.906. The third-order valence-corrected chi connectivity index (χ3v) is 2.64. The lowest BCUT2D eigenvalue weighted by atomic mass is 10.0. The normalized spacial score (nSPS) is 10.3. The highest BCUT2D eigenvalue weighted by atomic mass is 79.9. The molecule has 1 aromatic rings. The van der Waals surface area contributed by atoms with Gasteiger partial charge in [0.05, 0.1) is 0 Å². The molecule has 4 heteroatoms. The molecule has 0 saturated heterocycles. The van der Waals surface area contributed by atoms with Crippen LogP contribution in [0.1, 0.15) is 24.0 Å². The Labute approximate surface area is 96.9 Å². The summed E-state index contributed by atoms with van der Waals surface area (Å²) >= 11 is 3.34. The van der Waals surface area contributed by atoms with Crippen LogP contribution in [0.25, 0.3) is 0 Å². The molecular formula is C11H13BrO3. The summed E-state index contributed by atoms with van der Waals surface area (Å²) in [6.07, 6.45) is 1.25. The van der Waals surface area contributed by atoms with Gasteiger partial charge in [0.1, 0.15) is 5.75 Å². The number of carboxylic acid groups (broad SMARTS) is 1. The minimum Gasteiger partial charge on any atom is -0.507 e. The molecule has 0 aliphatic heterocycles. The molecule has 0 atom stereocenters. The van der Waals surface area contributed by atoms with Gasteiger partial charge in [0.2, 0.25) is 0 Å². The maximum absolute atomic E-state index is 10.3. The number of aryl methyl sites for hydroxylation is 2. The molecule has 0 saturated carbocycles. The van der Waals surface area contributed by atoms with Crippen LogP contribution in [0.4, 0.5) is 0 Å². The highest BCUT2D eigenvalue weighted by Crippen LogP contribution is 2.27. The highest BCUT2D eigenvalue weighted by Gasteiger charge is 2.06. The molecule has 0 bridgehead atoms. The zero-order valence-corrected chi connectivity index (χ0v) is 10.0. The summed E-state index contributed by atoms with van der Waals surface area (Å²) in [4.78, 5) is 10.3. The van der Waals surface area contributed by atoms with Crippen molar-refractivity contribution in [1.29, 1.82) is 0 Å². The number of aliphatic carboxylic acids is 1. The van der Waals surface area contributed by atoms with E-state index in [1.807, 2.05) is 19.1 Å². The van der Waals surface area contributed by atoms with Crippen molar-refractivity contribution in [2.75, 3.05) is 0 Å². The Balaban J connectivity index is 2.72. The van der Waals surface area contributed by atoms with E-state index < -0.39 is 5.97 Å². The molecule has 1 rings (SSSR count). The van der Waals surface area contributed by atoms with Crippen LogP contribution in [0.2, 0.25) is 0 Å². The first-order valence-corrected chi connectivity index (χ1v) is 5.50. The standard InChI is InChI=1S/C11H13BrO3/c1-7-5-9(12)6-8(11(7)15)3-2-4-10(13)14/h5-6,15H,2-4H2,1H3,(H,13,14). The minimum atomic E-state index is -0.804. The molecule has 0 aliphatic rings. The average molecular weight is 273 g/mol. The maximum Gasteiger partial charge on any atom is 0.303 e. The van der Waals surface area contributed by atoms with Crippen molar-refractivity contribution in [3.8, 4) is 5.75 Å². The van der Waals surface area contributed by atoms with Crippen LogP contribution in [-0.2, 0) is 11.2 Å². The van der Waals surface area contributed by atoms with Crippen molar-refractivity contribution in [3.05, 3.63) is 27.7 Å². The molecule has 0 heterocycles. The van der Waals surface area contributed by atoms with Gasteiger partial charge in [-0.1, -0.05) is 15.9 Å². The summed E-state index contributed by atoms with van der Waals surface area (Å²) in [5.74, 6) is -0.537. The van der Waals surface area contributed by atoms with E-state index in [1.165, 1.54) is 0 Å². The molecule has 3 nitrogen and oxygen atoms in total. The summed E-state index contributed by atoms with van der Waals surface area (Å²) in [6.45, 7) is 1.82. The number of aromatic hydroxyl groups is 1. The lowest BCUT2D eigenvalue weighted by molar-refractivity contribution is -0.137. The topological polar surface area (TPSA) is 57.5 Å². The molecule has 15 heavy (non-hydrogen) atoms. The molecule has 1 aromatic carbocycles. The Kier molecular flexibility index (Phi) is 4.15. The molecule has 0 spiro atoms. The van der Waals surface area contributed by atoms with Crippen LogP contribution >= 0.6 is 15.9 Å². The predicted molar refractivity (Wildman–Crippen MR) is 61.1 cm³/mol. The Morgan fingerprint density at radius 3 is 2.73 bits per heavy atom. The molecule has 0 amide bonds. The van der Waals surface area contributed by atoms with Gasteiger partial charge in [0, 0.05) is 10.9 Å². The molecule has 0 aliphatic carbocycles. The fourth-order valence-corrected chi connectivity index (χ4v) is 2.05. The first-order valence-electron chi connectivity index (χ1n) is 4.70. The van der Waals surface area contributed by atoms with Crippen LogP contribution in [0, 0.1) is 6.92 Å². The van der Waals surface area contributed by atoms with Crippen molar-refractivity contribution in [2.24, 2.45) is 0 Å². The van der Waals surface area contributed by atoms with Gasteiger partial charge in [-0.2, -0.15) is 0 Å². The van der Waals surface area contributed by atoms with Gasteiger partial charge >= 0.3 is 5.97 Å². The molecular weight excluding hydrogens is 260 g/mol. The number of halogens is 1. The number of hydrogen-bond acceptors (Lipinski definition) is 2. The Morgan fingerprint density at radius 2 is 2.13 bits per heavy atom. The van der Waals surface area contributed by atoms with Gasteiger partial charge in [-0.05, 0) is 43.0 Å².